The molecule has 0 aromatic heterocycles. The molecule has 2 rings (SSSR count). The highest BCUT2D eigenvalue weighted by atomic mass is 79.9. The Morgan fingerprint density at radius 1 is 1.29 bits per heavy atom. The first-order valence-corrected chi connectivity index (χ1v) is 6.54. The SMILES string of the molecule is OC1CCCC1Sc1ccccc1Br. The average molecular weight is 273 g/mol. The molecule has 14 heavy (non-hydrogen) atoms. The highest BCUT2D eigenvalue weighted by molar-refractivity contribution is 9.10. The standard InChI is InChI=1S/C11H13BrOS/c12-8-4-1-2-6-10(8)14-11-7-3-5-9(11)13/h1-2,4,6,9,11,13H,3,5,7H2. The van der Waals surface area contributed by atoms with Crippen molar-refractivity contribution in [3.63, 3.8) is 0 Å². The maximum Gasteiger partial charge on any atom is 0.0662 e. The van der Waals surface area contributed by atoms with Crippen molar-refractivity contribution >= 4 is 27.7 Å². The van der Waals surface area contributed by atoms with E-state index in [1.807, 2.05) is 18.2 Å². The second-order valence-electron chi connectivity index (χ2n) is 3.58. The molecule has 1 aliphatic rings. The van der Waals surface area contributed by atoms with Gasteiger partial charge in [-0.15, -0.1) is 11.8 Å². The molecule has 0 amide bonds. The summed E-state index contributed by atoms with van der Waals surface area (Å²) >= 11 is 5.31. The van der Waals surface area contributed by atoms with Gasteiger partial charge in [-0.05, 0) is 47.3 Å². The smallest absolute Gasteiger partial charge is 0.0662 e. The molecule has 1 aromatic rings. The molecule has 3 heteroatoms. The largest absolute Gasteiger partial charge is 0.392 e. The Hall–Kier alpha value is 0.01000. The molecule has 1 fully saturated rings. The van der Waals surface area contributed by atoms with Gasteiger partial charge in [0.2, 0.25) is 0 Å². The second kappa shape index (κ2) is 4.69. The first-order valence-electron chi connectivity index (χ1n) is 4.86. The van der Waals surface area contributed by atoms with Crippen molar-refractivity contribution in [2.45, 2.75) is 35.5 Å². The van der Waals surface area contributed by atoms with E-state index in [0.29, 0.717) is 5.25 Å². The summed E-state index contributed by atoms with van der Waals surface area (Å²) in [4.78, 5) is 1.23. The first kappa shape index (κ1) is 10.5. The molecule has 0 saturated heterocycles. The van der Waals surface area contributed by atoms with E-state index in [9.17, 15) is 5.11 Å². The third-order valence-corrected chi connectivity index (χ3v) is 4.95. The van der Waals surface area contributed by atoms with Crippen LogP contribution < -0.4 is 0 Å². The topological polar surface area (TPSA) is 20.2 Å². The highest BCUT2D eigenvalue weighted by Crippen LogP contribution is 2.37. The van der Waals surface area contributed by atoms with Gasteiger partial charge in [0.05, 0.1) is 6.10 Å². The summed E-state index contributed by atoms with van der Waals surface area (Å²) in [7, 11) is 0. The van der Waals surface area contributed by atoms with E-state index < -0.39 is 0 Å². The van der Waals surface area contributed by atoms with Crippen LogP contribution in [0.4, 0.5) is 0 Å². The number of aliphatic hydroxyl groups excluding tert-OH is 1. The lowest BCUT2D eigenvalue weighted by Gasteiger charge is -2.14. The molecule has 1 aromatic carbocycles. The van der Waals surface area contributed by atoms with Gasteiger partial charge in [0, 0.05) is 14.6 Å². The van der Waals surface area contributed by atoms with Gasteiger partial charge in [0.25, 0.3) is 0 Å². The molecule has 1 saturated carbocycles. The Kier molecular flexibility index (Phi) is 3.52. The lowest BCUT2D eigenvalue weighted by molar-refractivity contribution is 0.188. The van der Waals surface area contributed by atoms with Crippen LogP contribution in [0.15, 0.2) is 33.6 Å². The molecule has 2 unspecified atom stereocenters. The Morgan fingerprint density at radius 3 is 2.71 bits per heavy atom. The third-order valence-electron chi connectivity index (χ3n) is 2.53. The zero-order valence-corrected chi connectivity index (χ0v) is 10.2. The molecule has 76 valence electrons. The Balaban J connectivity index is 2.07. The van der Waals surface area contributed by atoms with Crippen LogP contribution in [-0.2, 0) is 0 Å². The molecule has 0 radical (unpaired) electrons. The van der Waals surface area contributed by atoms with Gasteiger partial charge >= 0.3 is 0 Å². The summed E-state index contributed by atoms with van der Waals surface area (Å²) in [5, 5.41) is 10.1. The van der Waals surface area contributed by atoms with Crippen LogP contribution in [-0.4, -0.2) is 16.5 Å². The molecule has 1 nitrogen and oxygen atoms in total. The van der Waals surface area contributed by atoms with Crippen molar-refractivity contribution < 1.29 is 5.11 Å². The number of halogens is 1. The number of aliphatic hydroxyl groups is 1. The molecule has 1 N–H and O–H groups in total. The third kappa shape index (κ3) is 2.33. The van der Waals surface area contributed by atoms with Gasteiger partial charge in [0.15, 0.2) is 0 Å². The predicted molar refractivity (Wildman–Crippen MR) is 63.6 cm³/mol. The molecule has 0 spiro atoms. The fourth-order valence-corrected chi connectivity index (χ4v) is 3.55. The lowest BCUT2D eigenvalue weighted by atomic mass is 10.3. The van der Waals surface area contributed by atoms with Gasteiger partial charge in [-0.3, -0.25) is 0 Å². The van der Waals surface area contributed by atoms with Crippen LogP contribution in [0.1, 0.15) is 19.3 Å². The van der Waals surface area contributed by atoms with E-state index in [4.69, 9.17) is 0 Å². The number of rotatable bonds is 2. The van der Waals surface area contributed by atoms with Crippen molar-refractivity contribution in [2.75, 3.05) is 0 Å². The molecule has 2 atom stereocenters. The van der Waals surface area contributed by atoms with E-state index in [-0.39, 0.29) is 6.10 Å². The summed E-state index contributed by atoms with van der Waals surface area (Å²) in [6.45, 7) is 0. The maximum atomic E-state index is 9.71. The number of hydrogen-bond donors (Lipinski definition) is 1. The normalized spacial score (nSPS) is 26.7. The van der Waals surface area contributed by atoms with Crippen molar-refractivity contribution in [2.24, 2.45) is 0 Å². The Morgan fingerprint density at radius 2 is 2.07 bits per heavy atom. The van der Waals surface area contributed by atoms with Gasteiger partial charge in [-0.2, -0.15) is 0 Å². The van der Waals surface area contributed by atoms with E-state index >= 15 is 0 Å². The van der Waals surface area contributed by atoms with E-state index in [2.05, 4.69) is 22.0 Å². The minimum atomic E-state index is -0.118. The Bertz CT molecular complexity index is 316. The van der Waals surface area contributed by atoms with Crippen LogP contribution >= 0.6 is 27.7 Å². The molecular formula is C11H13BrOS. The van der Waals surface area contributed by atoms with Gasteiger partial charge in [0.1, 0.15) is 0 Å². The molecule has 0 aliphatic heterocycles. The minimum Gasteiger partial charge on any atom is -0.392 e. The number of hydrogen-bond acceptors (Lipinski definition) is 2. The molecular weight excluding hydrogens is 260 g/mol. The minimum absolute atomic E-state index is 0.118. The van der Waals surface area contributed by atoms with Crippen LogP contribution in [0.3, 0.4) is 0 Å². The number of benzene rings is 1. The van der Waals surface area contributed by atoms with E-state index in [1.165, 1.54) is 4.90 Å². The summed E-state index contributed by atoms with van der Waals surface area (Å²) in [6, 6.07) is 8.19. The number of thioether (sulfide) groups is 1. The average Bonchev–Trinajstić information content (AvgIpc) is 2.56. The lowest BCUT2D eigenvalue weighted by Crippen LogP contribution is -2.14. The molecule has 0 bridgehead atoms. The van der Waals surface area contributed by atoms with Gasteiger partial charge in [-0.1, -0.05) is 12.1 Å². The maximum absolute atomic E-state index is 9.71. The Labute approximate surface area is 97.0 Å². The van der Waals surface area contributed by atoms with Crippen LogP contribution in [0, 0.1) is 0 Å². The van der Waals surface area contributed by atoms with Gasteiger partial charge in [-0.25, -0.2) is 0 Å². The zero-order valence-electron chi connectivity index (χ0n) is 7.82. The van der Waals surface area contributed by atoms with Crippen LogP contribution in [0.5, 0.6) is 0 Å². The highest BCUT2D eigenvalue weighted by Gasteiger charge is 2.26. The van der Waals surface area contributed by atoms with E-state index in [1.54, 1.807) is 11.8 Å². The van der Waals surface area contributed by atoms with Crippen LogP contribution in [0.2, 0.25) is 0 Å². The summed E-state index contributed by atoms with van der Waals surface area (Å²) in [6.07, 6.45) is 3.13. The predicted octanol–water partition coefficient (Wildman–Crippen LogP) is 3.45. The van der Waals surface area contributed by atoms with E-state index in [0.717, 1.165) is 23.7 Å². The van der Waals surface area contributed by atoms with Crippen LogP contribution in [0.25, 0.3) is 0 Å². The monoisotopic (exact) mass is 272 g/mol. The van der Waals surface area contributed by atoms with Crippen molar-refractivity contribution in [1.82, 2.24) is 0 Å². The first-order chi connectivity index (χ1) is 6.77. The molecule has 0 heterocycles. The fourth-order valence-electron chi connectivity index (χ4n) is 1.75. The van der Waals surface area contributed by atoms with Crippen molar-refractivity contribution in [3.8, 4) is 0 Å². The quantitative estimate of drug-likeness (QED) is 0.890. The summed E-state index contributed by atoms with van der Waals surface area (Å²) in [5.41, 5.74) is 0. The summed E-state index contributed by atoms with van der Waals surface area (Å²) in [5.74, 6) is 0. The van der Waals surface area contributed by atoms with Gasteiger partial charge < -0.3 is 5.11 Å². The van der Waals surface area contributed by atoms with Crippen molar-refractivity contribution in [1.29, 1.82) is 0 Å². The summed E-state index contributed by atoms with van der Waals surface area (Å²) < 4.78 is 1.13. The zero-order chi connectivity index (χ0) is 9.97. The van der Waals surface area contributed by atoms with Crippen molar-refractivity contribution in [3.05, 3.63) is 28.7 Å². The second-order valence-corrected chi connectivity index (χ2v) is 5.72. The fraction of sp³-hybridized carbons (Fsp3) is 0.455. The molecule has 1 aliphatic carbocycles.